The van der Waals surface area contributed by atoms with Gasteiger partial charge in [0, 0.05) is 30.4 Å². The zero-order valence-corrected chi connectivity index (χ0v) is 12.6. The minimum absolute atomic E-state index is 0.304. The van der Waals surface area contributed by atoms with Crippen molar-refractivity contribution in [3.05, 3.63) is 64.4 Å². The summed E-state index contributed by atoms with van der Waals surface area (Å²) in [6.45, 7) is 3.48. The Balaban J connectivity index is 2.11. The smallest absolute Gasteiger partial charge is 0.0584 e. The lowest BCUT2D eigenvalue weighted by atomic mass is 10.1. The van der Waals surface area contributed by atoms with Gasteiger partial charge in [0.15, 0.2) is 0 Å². The van der Waals surface area contributed by atoms with Crippen LogP contribution in [0.3, 0.4) is 0 Å². The zero-order chi connectivity index (χ0) is 14.5. The van der Waals surface area contributed by atoms with Crippen molar-refractivity contribution in [1.29, 1.82) is 0 Å². The van der Waals surface area contributed by atoms with Crippen LogP contribution in [-0.2, 0) is 13.1 Å². The van der Waals surface area contributed by atoms with E-state index in [-0.39, 0.29) is 0 Å². The van der Waals surface area contributed by atoms with E-state index in [0.717, 1.165) is 17.3 Å². The highest BCUT2D eigenvalue weighted by Gasteiger charge is 2.13. The third-order valence-corrected chi connectivity index (χ3v) is 3.86. The second kappa shape index (κ2) is 6.84. The summed E-state index contributed by atoms with van der Waals surface area (Å²) in [5.74, 6) is 0. The van der Waals surface area contributed by atoms with Crippen molar-refractivity contribution in [3.8, 4) is 0 Å². The summed E-state index contributed by atoms with van der Waals surface area (Å²) in [7, 11) is 2.10. The Morgan fingerprint density at radius 2 is 1.95 bits per heavy atom. The van der Waals surface area contributed by atoms with Crippen LogP contribution in [0.5, 0.6) is 0 Å². The van der Waals surface area contributed by atoms with Crippen molar-refractivity contribution in [2.45, 2.75) is 26.1 Å². The average molecular weight is 290 g/mol. The van der Waals surface area contributed by atoms with Gasteiger partial charge in [-0.15, -0.1) is 0 Å². The molecule has 20 heavy (non-hydrogen) atoms. The molecule has 0 amide bonds. The number of rotatable bonds is 5. The van der Waals surface area contributed by atoms with Crippen molar-refractivity contribution >= 4 is 11.6 Å². The van der Waals surface area contributed by atoms with Crippen LogP contribution in [0.4, 0.5) is 0 Å². The maximum Gasteiger partial charge on any atom is 0.0584 e. The molecule has 2 N–H and O–H groups in total. The van der Waals surface area contributed by atoms with Crippen molar-refractivity contribution in [2.75, 3.05) is 7.05 Å². The fourth-order valence-corrected chi connectivity index (χ4v) is 2.33. The van der Waals surface area contributed by atoms with Crippen LogP contribution in [0.15, 0.2) is 42.6 Å². The van der Waals surface area contributed by atoms with Crippen molar-refractivity contribution in [3.63, 3.8) is 0 Å². The topological polar surface area (TPSA) is 42.2 Å². The van der Waals surface area contributed by atoms with Gasteiger partial charge in [-0.2, -0.15) is 0 Å². The molecule has 0 aliphatic rings. The molecule has 3 nitrogen and oxygen atoms in total. The Bertz CT molecular complexity index is 554. The molecule has 0 bridgehead atoms. The predicted octanol–water partition coefficient (Wildman–Crippen LogP) is 3.39. The molecule has 0 aliphatic heterocycles. The third-order valence-electron chi connectivity index (χ3n) is 3.61. The fourth-order valence-electron chi connectivity index (χ4n) is 2.20. The standard InChI is InChI=1S/C16H20ClN3/c1-12(13-5-7-15(17)8-6-13)20(2)11-14-4-3-9-19-16(14)10-18/h3-9,12H,10-11,18H2,1-2H3. The van der Waals surface area contributed by atoms with Crippen LogP contribution in [0.25, 0.3) is 0 Å². The molecule has 0 saturated heterocycles. The highest BCUT2D eigenvalue weighted by Crippen LogP contribution is 2.22. The van der Waals surface area contributed by atoms with Crippen LogP contribution < -0.4 is 5.73 Å². The molecule has 1 aromatic heterocycles. The summed E-state index contributed by atoms with van der Waals surface area (Å²) in [6, 6.07) is 12.3. The minimum atomic E-state index is 0.304. The third kappa shape index (κ3) is 3.57. The lowest BCUT2D eigenvalue weighted by molar-refractivity contribution is 0.252. The first-order valence-corrected chi connectivity index (χ1v) is 7.08. The van der Waals surface area contributed by atoms with Crippen LogP contribution in [0.2, 0.25) is 5.02 Å². The molecule has 1 aromatic carbocycles. The second-order valence-corrected chi connectivity index (χ2v) is 5.39. The van der Waals surface area contributed by atoms with Gasteiger partial charge in [0.2, 0.25) is 0 Å². The molecule has 106 valence electrons. The van der Waals surface area contributed by atoms with E-state index in [0.29, 0.717) is 12.6 Å². The van der Waals surface area contributed by atoms with Gasteiger partial charge in [0.25, 0.3) is 0 Å². The monoisotopic (exact) mass is 289 g/mol. The SMILES string of the molecule is CC(c1ccc(Cl)cc1)N(C)Cc1cccnc1CN. The van der Waals surface area contributed by atoms with E-state index in [1.165, 1.54) is 11.1 Å². The number of hydrogen-bond donors (Lipinski definition) is 1. The van der Waals surface area contributed by atoms with Crippen LogP contribution in [0, 0.1) is 0 Å². The first-order chi connectivity index (χ1) is 9.61. The largest absolute Gasteiger partial charge is 0.325 e. The average Bonchev–Trinajstić information content (AvgIpc) is 2.48. The predicted molar refractivity (Wildman–Crippen MR) is 83.5 cm³/mol. The van der Waals surface area contributed by atoms with Gasteiger partial charge < -0.3 is 5.73 Å². The lowest BCUT2D eigenvalue weighted by Crippen LogP contribution is -2.23. The van der Waals surface area contributed by atoms with E-state index >= 15 is 0 Å². The van der Waals surface area contributed by atoms with E-state index in [9.17, 15) is 0 Å². The number of benzene rings is 1. The van der Waals surface area contributed by atoms with E-state index in [1.54, 1.807) is 6.20 Å². The summed E-state index contributed by atoms with van der Waals surface area (Å²) < 4.78 is 0. The second-order valence-electron chi connectivity index (χ2n) is 4.96. The van der Waals surface area contributed by atoms with Gasteiger partial charge in [-0.3, -0.25) is 9.88 Å². The molecule has 2 rings (SSSR count). The molecule has 1 atom stereocenters. The normalized spacial score (nSPS) is 12.7. The maximum atomic E-state index is 5.93. The number of aromatic nitrogens is 1. The van der Waals surface area contributed by atoms with E-state index in [2.05, 4.69) is 42.1 Å². The van der Waals surface area contributed by atoms with Crippen molar-refractivity contribution < 1.29 is 0 Å². The van der Waals surface area contributed by atoms with Gasteiger partial charge in [-0.25, -0.2) is 0 Å². The molecule has 0 radical (unpaired) electrons. The number of nitrogens with two attached hydrogens (primary N) is 1. The highest BCUT2D eigenvalue weighted by atomic mass is 35.5. The molecular weight excluding hydrogens is 270 g/mol. The number of hydrogen-bond acceptors (Lipinski definition) is 3. The summed E-state index contributed by atoms with van der Waals surface area (Å²) in [6.07, 6.45) is 1.79. The fraction of sp³-hybridized carbons (Fsp3) is 0.312. The Kier molecular flexibility index (Phi) is 5.12. The van der Waals surface area contributed by atoms with Crippen molar-refractivity contribution in [1.82, 2.24) is 9.88 Å². The maximum absolute atomic E-state index is 5.93. The summed E-state index contributed by atoms with van der Waals surface area (Å²) in [5.41, 5.74) is 9.12. The van der Waals surface area contributed by atoms with Gasteiger partial charge in [0.1, 0.15) is 0 Å². The van der Waals surface area contributed by atoms with E-state index in [4.69, 9.17) is 17.3 Å². The number of pyridine rings is 1. The van der Waals surface area contributed by atoms with Gasteiger partial charge in [-0.1, -0.05) is 29.8 Å². The van der Waals surface area contributed by atoms with Crippen LogP contribution >= 0.6 is 11.6 Å². The Hall–Kier alpha value is -1.42. The molecule has 0 saturated carbocycles. The molecular formula is C16H20ClN3. The Morgan fingerprint density at radius 1 is 1.25 bits per heavy atom. The Labute approximate surface area is 125 Å². The molecule has 1 heterocycles. The summed E-state index contributed by atoms with van der Waals surface area (Å²) >= 11 is 5.93. The van der Waals surface area contributed by atoms with E-state index in [1.807, 2.05) is 18.2 Å². The quantitative estimate of drug-likeness (QED) is 0.917. The molecule has 0 spiro atoms. The first kappa shape index (κ1) is 15.0. The van der Waals surface area contributed by atoms with E-state index < -0.39 is 0 Å². The van der Waals surface area contributed by atoms with Crippen LogP contribution in [0.1, 0.15) is 29.8 Å². The molecule has 0 aliphatic carbocycles. The zero-order valence-electron chi connectivity index (χ0n) is 11.9. The summed E-state index contributed by atoms with van der Waals surface area (Å²) in [5, 5.41) is 0.765. The molecule has 2 aromatic rings. The molecule has 4 heteroatoms. The van der Waals surface area contributed by atoms with Gasteiger partial charge in [-0.05, 0) is 43.3 Å². The van der Waals surface area contributed by atoms with Gasteiger partial charge in [0.05, 0.1) is 5.69 Å². The lowest BCUT2D eigenvalue weighted by Gasteiger charge is -2.25. The number of nitrogens with zero attached hydrogens (tertiary/aromatic N) is 2. The Morgan fingerprint density at radius 3 is 2.60 bits per heavy atom. The summed E-state index contributed by atoms with van der Waals surface area (Å²) in [4.78, 5) is 6.60. The van der Waals surface area contributed by atoms with Crippen molar-refractivity contribution in [2.24, 2.45) is 5.73 Å². The minimum Gasteiger partial charge on any atom is -0.325 e. The van der Waals surface area contributed by atoms with Gasteiger partial charge >= 0.3 is 0 Å². The number of halogens is 1. The molecule has 1 unspecified atom stereocenters. The van der Waals surface area contributed by atoms with Crippen LogP contribution in [-0.4, -0.2) is 16.9 Å². The first-order valence-electron chi connectivity index (χ1n) is 6.70. The molecule has 0 fully saturated rings. The highest BCUT2D eigenvalue weighted by molar-refractivity contribution is 6.30.